The maximum Gasteiger partial charge on any atom is 0.255 e. The molecular formula is C32H28N4O3. The number of carbonyl (C=O) groups is 2. The molecule has 1 heterocycles. The van der Waals surface area contributed by atoms with Crippen molar-refractivity contribution in [3.63, 3.8) is 0 Å². The first-order valence-corrected chi connectivity index (χ1v) is 12.5. The molecule has 2 N–H and O–H groups in total. The van der Waals surface area contributed by atoms with Crippen LogP contribution in [-0.4, -0.2) is 28.7 Å². The monoisotopic (exact) mass is 516 g/mol. The molecule has 2 amide bonds. The highest BCUT2D eigenvalue weighted by molar-refractivity contribution is 6.07. The van der Waals surface area contributed by atoms with Crippen LogP contribution < -0.4 is 15.4 Å². The standard InChI is InChI=1S/C32H28N4O3/c1-21-9-11-24(12-10-21)32(38)34-28-20-26(33-31(37)25-13-16-27(39-3)17-14-25)15-18-29(28)36-30(19-22(2)35-36)23-7-5-4-6-8-23/h4-20H,1-3H3,(H,33,37)(H,34,38). The lowest BCUT2D eigenvalue weighted by atomic mass is 10.1. The number of rotatable bonds is 7. The number of nitrogens with zero attached hydrogens (tertiary/aromatic N) is 2. The van der Waals surface area contributed by atoms with Crippen LogP contribution in [0.5, 0.6) is 5.75 Å². The van der Waals surface area contributed by atoms with Crippen LogP contribution in [0.2, 0.25) is 0 Å². The van der Waals surface area contributed by atoms with Crippen LogP contribution >= 0.6 is 0 Å². The Morgan fingerprint density at radius 1 is 0.744 bits per heavy atom. The largest absolute Gasteiger partial charge is 0.497 e. The first-order chi connectivity index (χ1) is 18.9. The van der Waals surface area contributed by atoms with Crippen LogP contribution in [0.15, 0.2) is 103 Å². The summed E-state index contributed by atoms with van der Waals surface area (Å²) in [6.45, 7) is 3.90. The maximum atomic E-state index is 13.2. The number of methoxy groups -OCH3 is 1. The lowest BCUT2D eigenvalue weighted by molar-refractivity contribution is 0.101. The molecule has 194 valence electrons. The summed E-state index contributed by atoms with van der Waals surface area (Å²) in [6.07, 6.45) is 0. The predicted molar refractivity (Wildman–Crippen MR) is 154 cm³/mol. The van der Waals surface area contributed by atoms with Gasteiger partial charge in [0.1, 0.15) is 5.75 Å². The lowest BCUT2D eigenvalue weighted by Crippen LogP contribution is -2.16. The number of hydrogen-bond acceptors (Lipinski definition) is 4. The molecule has 0 aliphatic heterocycles. The molecule has 1 aromatic heterocycles. The van der Waals surface area contributed by atoms with Gasteiger partial charge in [-0.05, 0) is 74.5 Å². The predicted octanol–water partition coefficient (Wildman–Crippen LogP) is 6.67. The second-order valence-electron chi connectivity index (χ2n) is 9.18. The van der Waals surface area contributed by atoms with Crippen molar-refractivity contribution < 1.29 is 14.3 Å². The fourth-order valence-corrected chi connectivity index (χ4v) is 4.24. The summed E-state index contributed by atoms with van der Waals surface area (Å²) in [4.78, 5) is 26.2. The van der Waals surface area contributed by atoms with Gasteiger partial charge in [-0.15, -0.1) is 0 Å². The molecule has 0 saturated heterocycles. The van der Waals surface area contributed by atoms with Gasteiger partial charge in [-0.3, -0.25) is 9.59 Å². The van der Waals surface area contributed by atoms with Crippen LogP contribution in [0.4, 0.5) is 11.4 Å². The normalized spacial score (nSPS) is 10.6. The van der Waals surface area contributed by atoms with Crippen molar-refractivity contribution in [3.05, 3.63) is 126 Å². The molecule has 5 rings (SSSR count). The summed E-state index contributed by atoms with van der Waals surface area (Å²) in [5.74, 6) is 0.127. The van der Waals surface area contributed by atoms with Crippen molar-refractivity contribution >= 4 is 23.2 Å². The zero-order valence-electron chi connectivity index (χ0n) is 21.9. The Hall–Kier alpha value is -5.17. The van der Waals surface area contributed by atoms with E-state index in [0.717, 1.165) is 22.5 Å². The van der Waals surface area contributed by atoms with Gasteiger partial charge in [0.05, 0.1) is 29.9 Å². The lowest BCUT2D eigenvalue weighted by Gasteiger charge is -2.16. The Morgan fingerprint density at radius 2 is 1.38 bits per heavy atom. The number of aromatic nitrogens is 2. The van der Waals surface area contributed by atoms with E-state index < -0.39 is 0 Å². The number of benzene rings is 4. The molecule has 0 atom stereocenters. The van der Waals surface area contributed by atoms with E-state index in [4.69, 9.17) is 9.84 Å². The second-order valence-corrected chi connectivity index (χ2v) is 9.18. The van der Waals surface area contributed by atoms with Crippen molar-refractivity contribution in [3.8, 4) is 22.7 Å². The second kappa shape index (κ2) is 11.1. The Labute approximate surface area is 227 Å². The van der Waals surface area contributed by atoms with E-state index in [1.165, 1.54) is 0 Å². The van der Waals surface area contributed by atoms with E-state index in [0.29, 0.717) is 33.9 Å². The minimum atomic E-state index is -0.277. The van der Waals surface area contributed by atoms with Crippen molar-refractivity contribution in [2.75, 3.05) is 17.7 Å². The van der Waals surface area contributed by atoms with E-state index in [-0.39, 0.29) is 11.8 Å². The average Bonchev–Trinajstić information content (AvgIpc) is 3.35. The van der Waals surface area contributed by atoms with Gasteiger partial charge in [0.15, 0.2) is 0 Å². The third-order valence-corrected chi connectivity index (χ3v) is 6.30. The molecule has 0 saturated carbocycles. The third kappa shape index (κ3) is 5.72. The molecule has 7 nitrogen and oxygen atoms in total. The first-order valence-electron chi connectivity index (χ1n) is 12.5. The molecule has 0 radical (unpaired) electrons. The van der Waals surface area contributed by atoms with Crippen molar-refractivity contribution in [1.29, 1.82) is 0 Å². The molecular weight excluding hydrogens is 488 g/mol. The third-order valence-electron chi connectivity index (χ3n) is 6.30. The Morgan fingerprint density at radius 3 is 2.05 bits per heavy atom. The molecule has 0 bridgehead atoms. The Kier molecular flexibility index (Phi) is 7.23. The van der Waals surface area contributed by atoms with Crippen molar-refractivity contribution in [2.45, 2.75) is 13.8 Å². The summed E-state index contributed by atoms with van der Waals surface area (Å²) in [5.41, 5.74) is 6.50. The van der Waals surface area contributed by atoms with Crippen LogP contribution in [0, 0.1) is 13.8 Å². The smallest absolute Gasteiger partial charge is 0.255 e. The molecule has 0 unspecified atom stereocenters. The highest BCUT2D eigenvalue weighted by Gasteiger charge is 2.17. The number of carbonyl (C=O) groups excluding carboxylic acids is 2. The quantitative estimate of drug-likeness (QED) is 0.253. The molecule has 39 heavy (non-hydrogen) atoms. The molecule has 7 heteroatoms. The SMILES string of the molecule is COc1ccc(C(=O)Nc2ccc(-n3nc(C)cc3-c3ccccc3)c(NC(=O)c3ccc(C)cc3)c2)cc1. The van der Waals surface area contributed by atoms with Crippen LogP contribution in [-0.2, 0) is 0 Å². The Bertz CT molecular complexity index is 1620. The molecule has 0 spiro atoms. The Balaban J connectivity index is 1.53. The molecule has 4 aromatic carbocycles. The van der Waals surface area contributed by atoms with Gasteiger partial charge in [-0.1, -0.05) is 48.0 Å². The minimum Gasteiger partial charge on any atom is -0.497 e. The molecule has 0 fully saturated rings. The summed E-state index contributed by atoms with van der Waals surface area (Å²) >= 11 is 0. The molecule has 0 aliphatic carbocycles. The number of nitrogens with one attached hydrogen (secondary N) is 2. The summed E-state index contributed by atoms with van der Waals surface area (Å²) in [5, 5.41) is 10.7. The van der Waals surface area contributed by atoms with E-state index in [1.807, 2.05) is 73.1 Å². The fraction of sp³-hybridized carbons (Fsp3) is 0.0938. The average molecular weight is 517 g/mol. The van der Waals surface area contributed by atoms with Crippen LogP contribution in [0.1, 0.15) is 32.0 Å². The van der Waals surface area contributed by atoms with E-state index in [2.05, 4.69) is 10.6 Å². The first kappa shape index (κ1) is 25.5. The van der Waals surface area contributed by atoms with Gasteiger partial charge in [-0.2, -0.15) is 5.10 Å². The van der Waals surface area contributed by atoms with Gasteiger partial charge in [0.2, 0.25) is 0 Å². The number of amides is 2. The van der Waals surface area contributed by atoms with Crippen LogP contribution in [0.3, 0.4) is 0 Å². The minimum absolute atomic E-state index is 0.264. The van der Waals surface area contributed by atoms with E-state index in [9.17, 15) is 9.59 Å². The van der Waals surface area contributed by atoms with E-state index in [1.54, 1.807) is 55.6 Å². The zero-order valence-corrected chi connectivity index (χ0v) is 21.9. The zero-order chi connectivity index (χ0) is 27.4. The topological polar surface area (TPSA) is 85.2 Å². The number of ether oxygens (including phenoxy) is 1. The van der Waals surface area contributed by atoms with Gasteiger partial charge < -0.3 is 15.4 Å². The van der Waals surface area contributed by atoms with Crippen LogP contribution in [0.25, 0.3) is 16.9 Å². The fourth-order valence-electron chi connectivity index (χ4n) is 4.24. The maximum absolute atomic E-state index is 13.2. The van der Waals surface area contributed by atoms with Gasteiger partial charge in [0.25, 0.3) is 11.8 Å². The van der Waals surface area contributed by atoms with Gasteiger partial charge >= 0.3 is 0 Å². The number of hydrogen-bond donors (Lipinski definition) is 2. The summed E-state index contributed by atoms with van der Waals surface area (Å²) < 4.78 is 6.99. The number of aryl methyl sites for hydroxylation is 2. The summed E-state index contributed by atoms with van der Waals surface area (Å²) in [6, 6.07) is 31.5. The molecule has 0 aliphatic rings. The summed E-state index contributed by atoms with van der Waals surface area (Å²) in [7, 11) is 1.58. The van der Waals surface area contributed by atoms with E-state index >= 15 is 0 Å². The van der Waals surface area contributed by atoms with Crippen molar-refractivity contribution in [2.24, 2.45) is 0 Å². The highest BCUT2D eigenvalue weighted by Crippen LogP contribution is 2.31. The van der Waals surface area contributed by atoms with Crippen molar-refractivity contribution in [1.82, 2.24) is 9.78 Å². The highest BCUT2D eigenvalue weighted by atomic mass is 16.5. The van der Waals surface area contributed by atoms with Gasteiger partial charge in [0, 0.05) is 22.4 Å². The van der Waals surface area contributed by atoms with Gasteiger partial charge in [-0.25, -0.2) is 4.68 Å². The number of anilines is 2. The molecule has 5 aromatic rings.